The molecule has 1 atom stereocenters. The monoisotopic (exact) mass is 261 g/mol. The zero-order chi connectivity index (χ0) is 13.7. The first-order valence-corrected chi connectivity index (χ1v) is 6.84. The first-order chi connectivity index (χ1) is 9.20. The van der Waals surface area contributed by atoms with Gasteiger partial charge in [-0.1, -0.05) is 6.08 Å². The fraction of sp³-hybridized carbons (Fsp3) is 0.571. The Bertz CT molecular complexity index is 426. The van der Waals surface area contributed by atoms with Crippen molar-refractivity contribution in [2.24, 2.45) is 0 Å². The van der Waals surface area contributed by atoms with Gasteiger partial charge in [-0.25, -0.2) is 9.97 Å². The van der Waals surface area contributed by atoms with Crippen LogP contribution in [0.2, 0.25) is 0 Å². The highest BCUT2D eigenvalue weighted by molar-refractivity contribution is 5.50. The van der Waals surface area contributed by atoms with E-state index in [0.29, 0.717) is 12.6 Å². The molecule has 0 aliphatic carbocycles. The van der Waals surface area contributed by atoms with Gasteiger partial charge in [0.1, 0.15) is 17.5 Å². The number of rotatable bonds is 5. The van der Waals surface area contributed by atoms with Crippen molar-refractivity contribution in [3.63, 3.8) is 0 Å². The van der Waals surface area contributed by atoms with Crippen LogP contribution in [0.4, 0.5) is 11.6 Å². The van der Waals surface area contributed by atoms with Crippen molar-refractivity contribution in [3.05, 3.63) is 24.5 Å². The number of anilines is 2. The normalized spacial score (nSPS) is 18.9. The molecule has 0 radical (unpaired) electrons. The van der Waals surface area contributed by atoms with Crippen LogP contribution < -0.4 is 15.5 Å². The largest absolute Gasteiger partial charge is 0.366 e. The van der Waals surface area contributed by atoms with E-state index in [0.717, 1.165) is 30.5 Å². The second-order valence-corrected chi connectivity index (χ2v) is 4.94. The lowest BCUT2D eigenvalue weighted by Crippen LogP contribution is -2.44. The molecule has 0 saturated carbocycles. The van der Waals surface area contributed by atoms with Crippen molar-refractivity contribution in [2.75, 3.05) is 36.9 Å². The Kier molecular flexibility index (Phi) is 4.74. The van der Waals surface area contributed by atoms with E-state index in [1.165, 1.54) is 12.8 Å². The van der Waals surface area contributed by atoms with E-state index in [-0.39, 0.29) is 0 Å². The molecular weight excluding hydrogens is 238 g/mol. The van der Waals surface area contributed by atoms with Gasteiger partial charge in [0.2, 0.25) is 0 Å². The zero-order valence-corrected chi connectivity index (χ0v) is 11.8. The van der Waals surface area contributed by atoms with Gasteiger partial charge in [-0.05, 0) is 26.3 Å². The SMILES string of the molecule is C=CCNc1cc(N(C)C2CCCNC2)nc(C)n1. The molecule has 1 aromatic rings. The molecule has 1 aromatic heterocycles. The van der Waals surface area contributed by atoms with Gasteiger partial charge in [0.15, 0.2) is 0 Å². The summed E-state index contributed by atoms with van der Waals surface area (Å²) in [7, 11) is 2.11. The van der Waals surface area contributed by atoms with E-state index >= 15 is 0 Å². The Labute approximate surface area is 115 Å². The number of nitrogens with one attached hydrogen (secondary N) is 2. The summed E-state index contributed by atoms with van der Waals surface area (Å²) in [4.78, 5) is 11.2. The molecule has 1 fully saturated rings. The Morgan fingerprint density at radius 3 is 3.11 bits per heavy atom. The molecule has 5 heteroatoms. The van der Waals surface area contributed by atoms with Gasteiger partial charge in [0.25, 0.3) is 0 Å². The zero-order valence-electron chi connectivity index (χ0n) is 11.8. The minimum atomic E-state index is 0.510. The molecule has 0 aromatic carbocycles. The number of hydrogen-bond donors (Lipinski definition) is 2. The van der Waals surface area contributed by atoms with Crippen LogP contribution >= 0.6 is 0 Å². The molecule has 1 unspecified atom stereocenters. The molecule has 0 spiro atoms. The van der Waals surface area contributed by atoms with E-state index in [9.17, 15) is 0 Å². The molecule has 2 rings (SSSR count). The summed E-state index contributed by atoms with van der Waals surface area (Å²) in [5.41, 5.74) is 0. The van der Waals surface area contributed by atoms with Crippen LogP contribution in [0.25, 0.3) is 0 Å². The molecule has 1 saturated heterocycles. The summed E-state index contributed by atoms with van der Waals surface area (Å²) >= 11 is 0. The summed E-state index contributed by atoms with van der Waals surface area (Å²) in [6.45, 7) is 8.49. The Morgan fingerprint density at radius 2 is 2.42 bits per heavy atom. The third-order valence-corrected chi connectivity index (χ3v) is 3.43. The average molecular weight is 261 g/mol. The predicted octanol–water partition coefficient (Wildman–Crippen LogP) is 1.57. The molecule has 2 heterocycles. The van der Waals surface area contributed by atoms with Gasteiger partial charge in [-0.15, -0.1) is 6.58 Å². The van der Waals surface area contributed by atoms with Crippen LogP contribution in [-0.2, 0) is 0 Å². The van der Waals surface area contributed by atoms with Crippen molar-refractivity contribution in [1.82, 2.24) is 15.3 Å². The van der Waals surface area contributed by atoms with Crippen LogP contribution in [-0.4, -0.2) is 42.7 Å². The first-order valence-electron chi connectivity index (χ1n) is 6.84. The van der Waals surface area contributed by atoms with E-state index in [4.69, 9.17) is 0 Å². The summed E-state index contributed by atoms with van der Waals surface area (Å²) in [5.74, 6) is 2.63. The van der Waals surface area contributed by atoms with Crippen molar-refractivity contribution in [1.29, 1.82) is 0 Å². The second-order valence-electron chi connectivity index (χ2n) is 4.94. The maximum Gasteiger partial charge on any atom is 0.134 e. The molecule has 2 N–H and O–H groups in total. The van der Waals surface area contributed by atoms with Gasteiger partial charge < -0.3 is 15.5 Å². The van der Waals surface area contributed by atoms with Gasteiger partial charge in [-0.2, -0.15) is 0 Å². The third-order valence-electron chi connectivity index (χ3n) is 3.43. The standard InChI is InChI=1S/C14H23N5/c1-4-7-16-13-9-14(18-11(2)17-13)19(3)12-6-5-8-15-10-12/h4,9,12,15H,1,5-8,10H2,2-3H3,(H,16,17,18). The number of likely N-dealkylation sites (N-methyl/N-ethyl adjacent to an activating group) is 1. The van der Waals surface area contributed by atoms with Crippen molar-refractivity contribution < 1.29 is 0 Å². The molecule has 1 aliphatic rings. The quantitative estimate of drug-likeness (QED) is 0.788. The summed E-state index contributed by atoms with van der Waals surface area (Å²) in [5, 5.41) is 6.66. The highest BCUT2D eigenvalue weighted by Gasteiger charge is 2.19. The van der Waals surface area contributed by atoms with E-state index in [2.05, 4.69) is 39.1 Å². The number of piperidine rings is 1. The van der Waals surface area contributed by atoms with E-state index in [1.807, 2.05) is 19.1 Å². The minimum Gasteiger partial charge on any atom is -0.366 e. The fourth-order valence-electron chi connectivity index (χ4n) is 2.35. The van der Waals surface area contributed by atoms with Gasteiger partial charge >= 0.3 is 0 Å². The summed E-state index contributed by atoms with van der Waals surface area (Å²) in [6.07, 6.45) is 4.26. The number of hydrogen-bond acceptors (Lipinski definition) is 5. The highest BCUT2D eigenvalue weighted by Crippen LogP contribution is 2.19. The lowest BCUT2D eigenvalue weighted by molar-refractivity contribution is 0.443. The number of aromatic nitrogens is 2. The fourth-order valence-corrected chi connectivity index (χ4v) is 2.35. The first kappa shape index (κ1) is 13.8. The van der Waals surface area contributed by atoms with Crippen molar-refractivity contribution >= 4 is 11.6 Å². The third kappa shape index (κ3) is 3.67. The number of aryl methyl sites for hydroxylation is 1. The molecular formula is C14H23N5. The predicted molar refractivity (Wildman–Crippen MR) is 79.8 cm³/mol. The van der Waals surface area contributed by atoms with Crippen LogP contribution in [0.3, 0.4) is 0 Å². The van der Waals surface area contributed by atoms with Gasteiger partial charge in [0.05, 0.1) is 0 Å². The second kappa shape index (κ2) is 6.52. The smallest absolute Gasteiger partial charge is 0.134 e. The lowest BCUT2D eigenvalue weighted by Gasteiger charge is -2.32. The Morgan fingerprint density at radius 1 is 1.58 bits per heavy atom. The molecule has 5 nitrogen and oxygen atoms in total. The van der Waals surface area contributed by atoms with Crippen LogP contribution in [0.15, 0.2) is 18.7 Å². The Balaban J connectivity index is 2.13. The molecule has 0 amide bonds. The van der Waals surface area contributed by atoms with E-state index in [1.54, 1.807) is 0 Å². The van der Waals surface area contributed by atoms with Crippen LogP contribution in [0, 0.1) is 6.92 Å². The molecule has 0 bridgehead atoms. The Hall–Kier alpha value is -1.62. The summed E-state index contributed by atoms with van der Waals surface area (Å²) in [6, 6.07) is 2.51. The van der Waals surface area contributed by atoms with Crippen LogP contribution in [0.5, 0.6) is 0 Å². The lowest BCUT2D eigenvalue weighted by atomic mass is 10.1. The molecule has 104 valence electrons. The van der Waals surface area contributed by atoms with Gasteiger partial charge in [-0.3, -0.25) is 0 Å². The average Bonchev–Trinajstić information content (AvgIpc) is 2.44. The number of nitrogens with zero attached hydrogens (tertiary/aromatic N) is 3. The maximum absolute atomic E-state index is 4.54. The van der Waals surface area contributed by atoms with E-state index < -0.39 is 0 Å². The molecule has 1 aliphatic heterocycles. The van der Waals surface area contributed by atoms with Gasteiger partial charge in [0, 0.05) is 32.2 Å². The van der Waals surface area contributed by atoms with Crippen molar-refractivity contribution in [3.8, 4) is 0 Å². The highest BCUT2D eigenvalue weighted by atomic mass is 15.2. The minimum absolute atomic E-state index is 0.510. The summed E-state index contributed by atoms with van der Waals surface area (Å²) < 4.78 is 0. The topological polar surface area (TPSA) is 53.1 Å². The van der Waals surface area contributed by atoms with Crippen molar-refractivity contribution in [2.45, 2.75) is 25.8 Å². The maximum atomic E-state index is 4.54. The molecule has 19 heavy (non-hydrogen) atoms. The van der Waals surface area contributed by atoms with Crippen LogP contribution in [0.1, 0.15) is 18.7 Å².